The van der Waals surface area contributed by atoms with E-state index in [1.54, 1.807) is 0 Å². The van der Waals surface area contributed by atoms with Gasteiger partial charge in [0.15, 0.2) is 18.5 Å². The zero-order chi connectivity index (χ0) is 23.1. The Bertz CT molecular complexity index is 910. The van der Waals surface area contributed by atoms with Crippen LogP contribution in [0.25, 0.3) is 0 Å². The maximum absolute atomic E-state index is 14.8. The van der Waals surface area contributed by atoms with E-state index < -0.39 is 54.4 Å². The van der Waals surface area contributed by atoms with Gasteiger partial charge < -0.3 is 40.1 Å². The number of alkyl halides is 2. The van der Waals surface area contributed by atoms with Crippen LogP contribution in [0.3, 0.4) is 0 Å². The van der Waals surface area contributed by atoms with Gasteiger partial charge in [0.05, 0.1) is 0 Å². The molecule has 1 fully saturated rings. The average Bonchev–Trinajstić information content (AvgIpc) is 2.75. The standard InChI is InChI=1S/C10H16F2N3O12P3/c1-5-14-6(13)2-3-15(5)9-7(11)8(16)10(12,25-9)4-24-29(20,21)27-30(22,23)26-28(17,18)19/h2-3,7-9,16H,1,4H2,(H2,13,14)(H,20,21)(H,22,23)(H2,17,18,19)/t7-,8+,9-,10-/m1/s1. The Morgan fingerprint density at radius 2 is 1.87 bits per heavy atom. The monoisotopic (exact) mass is 501 g/mol. The average molecular weight is 501 g/mol. The summed E-state index contributed by atoms with van der Waals surface area (Å²) < 4.78 is 78.3. The van der Waals surface area contributed by atoms with Crippen LogP contribution in [0.2, 0.25) is 0 Å². The maximum Gasteiger partial charge on any atom is 0.490 e. The number of phosphoric ester groups is 1. The molecule has 2 unspecified atom stereocenters. The van der Waals surface area contributed by atoms with Gasteiger partial charge in [-0.05, 0) is 6.08 Å². The molecule has 0 aromatic rings. The van der Waals surface area contributed by atoms with Crippen molar-refractivity contribution in [2.75, 3.05) is 6.61 Å². The van der Waals surface area contributed by atoms with Crippen LogP contribution in [0.5, 0.6) is 0 Å². The van der Waals surface area contributed by atoms with Gasteiger partial charge in [-0.25, -0.2) is 27.5 Å². The van der Waals surface area contributed by atoms with Crippen molar-refractivity contribution < 1.29 is 65.0 Å². The third-order valence-corrected chi connectivity index (χ3v) is 7.19. The molecule has 172 valence electrons. The molecule has 0 aliphatic carbocycles. The first-order chi connectivity index (χ1) is 13.4. The molecule has 0 amide bonds. The number of nitrogens with zero attached hydrogens (tertiary/aromatic N) is 2. The third-order valence-electron chi connectivity index (χ3n) is 3.41. The molecule has 2 aliphatic heterocycles. The van der Waals surface area contributed by atoms with E-state index in [0.29, 0.717) is 0 Å². The molecule has 30 heavy (non-hydrogen) atoms. The Morgan fingerprint density at radius 1 is 1.27 bits per heavy atom. The number of hydrogen-bond acceptors (Lipinski definition) is 11. The summed E-state index contributed by atoms with van der Waals surface area (Å²) in [5, 5.41) is 9.80. The molecule has 6 atom stereocenters. The van der Waals surface area contributed by atoms with Gasteiger partial charge in [-0.1, -0.05) is 6.58 Å². The van der Waals surface area contributed by atoms with Gasteiger partial charge in [0.25, 0.3) is 5.85 Å². The molecule has 0 radical (unpaired) electrons. The van der Waals surface area contributed by atoms with E-state index in [1.807, 2.05) is 0 Å². The lowest BCUT2D eigenvalue weighted by Crippen LogP contribution is -2.42. The van der Waals surface area contributed by atoms with Crippen LogP contribution in [0.1, 0.15) is 0 Å². The van der Waals surface area contributed by atoms with Crippen molar-refractivity contribution >= 4 is 29.3 Å². The highest BCUT2D eigenvalue weighted by molar-refractivity contribution is 7.66. The topological polar surface area (TPSA) is 231 Å². The first-order valence-electron chi connectivity index (χ1n) is 7.41. The number of aliphatic hydroxyl groups excluding tert-OH is 1. The number of amidine groups is 1. The Balaban J connectivity index is 2.08. The zero-order valence-corrected chi connectivity index (χ0v) is 17.1. The summed E-state index contributed by atoms with van der Waals surface area (Å²) in [6.07, 6.45) is -4.62. The van der Waals surface area contributed by atoms with Crippen molar-refractivity contribution in [2.45, 2.75) is 24.4 Å². The highest BCUT2D eigenvalue weighted by Gasteiger charge is 2.59. The SMILES string of the molecule is C=C1N=C(N)C=CN1[C@@H]1O[C@](F)(COP(=O)(O)OP(=O)(O)OP(=O)(O)O)[C@@H](O)[C@H]1F. The number of nitrogens with two attached hydrogens (primary N) is 1. The molecule has 0 aromatic carbocycles. The lowest BCUT2D eigenvalue weighted by atomic mass is 10.1. The number of aliphatic hydroxyl groups is 1. The molecule has 2 heterocycles. The van der Waals surface area contributed by atoms with Crippen LogP contribution in [0, 0.1) is 0 Å². The highest BCUT2D eigenvalue weighted by atomic mass is 31.3. The Hall–Kier alpha value is -1.06. The molecule has 2 aliphatic rings. The quantitative estimate of drug-likeness (QED) is 0.235. The normalized spacial score (nSPS) is 33.8. The summed E-state index contributed by atoms with van der Waals surface area (Å²) in [5.41, 5.74) is 5.41. The fourth-order valence-corrected chi connectivity index (χ4v) is 5.28. The number of ether oxygens (including phenoxy) is 1. The van der Waals surface area contributed by atoms with Gasteiger partial charge in [0.1, 0.15) is 18.3 Å². The summed E-state index contributed by atoms with van der Waals surface area (Å²) in [7, 11) is -17.2. The second-order valence-electron chi connectivity index (χ2n) is 5.72. The van der Waals surface area contributed by atoms with Gasteiger partial charge in [0, 0.05) is 6.20 Å². The van der Waals surface area contributed by atoms with Crippen molar-refractivity contribution in [2.24, 2.45) is 10.7 Å². The predicted molar refractivity (Wildman–Crippen MR) is 91.2 cm³/mol. The minimum Gasteiger partial charge on any atom is -0.384 e. The molecule has 15 nitrogen and oxygen atoms in total. The Morgan fingerprint density at radius 3 is 2.40 bits per heavy atom. The van der Waals surface area contributed by atoms with Crippen LogP contribution in [0.15, 0.2) is 29.7 Å². The molecule has 2 rings (SSSR count). The molecule has 0 bridgehead atoms. The van der Waals surface area contributed by atoms with E-state index in [9.17, 15) is 32.5 Å². The zero-order valence-electron chi connectivity index (χ0n) is 14.5. The van der Waals surface area contributed by atoms with E-state index in [4.69, 9.17) is 25.2 Å². The smallest absolute Gasteiger partial charge is 0.384 e. The second-order valence-corrected chi connectivity index (χ2v) is 10.1. The Labute approximate surface area is 166 Å². The number of rotatable bonds is 8. The van der Waals surface area contributed by atoms with E-state index in [1.165, 1.54) is 6.08 Å². The van der Waals surface area contributed by atoms with Crippen molar-refractivity contribution in [3.05, 3.63) is 24.7 Å². The third kappa shape index (κ3) is 6.23. The van der Waals surface area contributed by atoms with Crippen LogP contribution >= 0.6 is 23.5 Å². The van der Waals surface area contributed by atoms with Crippen molar-refractivity contribution in [3.63, 3.8) is 0 Å². The molecular weight excluding hydrogens is 485 g/mol. The van der Waals surface area contributed by atoms with E-state index >= 15 is 0 Å². The summed E-state index contributed by atoms with van der Waals surface area (Å²) in [6, 6.07) is 0. The molecule has 0 spiro atoms. The number of halogens is 2. The maximum atomic E-state index is 14.8. The number of aliphatic imine (C=N–C) groups is 1. The van der Waals surface area contributed by atoms with Crippen LogP contribution < -0.4 is 5.73 Å². The van der Waals surface area contributed by atoms with Crippen molar-refractivity contribution in [1.82, 2.24) is 4.90 Å². The molecule has 0 aromatic heterocycles. The fraction of sp³-hybridized carbons (Fsp3) is 0.500. The molecule has 0 saturated carbocycles. The fourth-order valence-electron chi connectivity index (χ4n) is 2.25. The lowest BCUT2D eigenvalue weighted by Gasteiger charge is -2.30. The van der Waals surface area contributed by atoms with E-state index in [0.717, 1.165) is 11.1 Å². The van der Waals surface area contributed by atoms with Gasteiger partial charge >= 0.3 is 23.5 Å². The molecule has 1 saturated heterocycles. The lowest BCUT2D eigenvalue weighted by molar-refractivity contribution is -0.207. The van der Waals surface area contributed by atoms with Gasteiger partial charge in [-0.2, -0.15) is 8.62 Å². The van der Waals surface area contributed by atoms with Gasteiger partial charge in [-0.15, -0.1) is 0 Å². The van der Waals surface area contributed by atoms with Gasteiger partial charge in [0.2, 0.25) is 0 Å². The van der Waals surface area contributed by atoms with Crippen LogP contribution in [-0.2, 0) is 31.6 Å². The minimum atomic E-state index is -5.85. The predicted octanol–water partition coefficient (Wildman–Crippen LogP) is -0.292. The summed E-state index contributed by atoms with van der Waals surface area (Å²) in [6.45, 7) is 1.72. The first-order valence-corrected chi connectivity index (χ1v) is 11.9. The summed E-state index contributed by atoms with van der Waals surface area (Å²) >= 11 is 0. The summed E-state index contributed by atoms with van der Waals surface area (Å²) in [4.78, 5) is 39.8. The number of phosphoric acid groups is 3. The van der Waals surface area contributed by atoms with Crippen LogP contribution in [0.4, 0.5) is 8.78 Å². The number of hydrogen-bond donors (Lipinski definition) is 6. The van der Waals surface area contributed by atoms with Crippen molar-refractivity contribution in [3.8, 4) is 0 Å². The molecular formula is C10H16F2N3O12P3. The second kappa shape index (κ2) is 8.47. The van der Waals surface area contributed by atoms with Crippen molar-refractivity contribution in [1.29, 1.82) is 0 Å². The minimum absolute atomic E-state index is 0.00984. The summed E-state index contributed by atoms with van der Waals surface area (Å²) in [5.74, 6) is -3.67. The molecule has 7 N–H and O–H groups in total. The Kier molecular flexibility index (Phi) is 7.11. The van der Waals surface area contributed by atoms with E-state index in [-0.39, 0.29) is 11.7 Å². The molecule has 20 heteroatoms. The largest absolute Gasteiger partial charge is 0.490 e. The highest BCUT2D eigenvalue weighted by Crippen LogP contribution is 2.66. The van der Waals surface area contributed by atoms with Gasteiger partial charge in [-0.3, -0.25) is 4.52 Å². The van der Waals surface area contributed by atoms with E-state index in [2.05, 4.69) is 24.7 Å². The van der Waals surface area contributed by atoms with Crippen LogP contribution in [-0.4, -0.2) is 66.4 Å². The first kappa shape index (κ1) is 25.2.